The number of carboxylic acid groups (broad SMARTS) is 1. The van der Waals surface area contributed by atoms with Crippen LogP contribution in [0.25, 0.3) is 0 Å². The average molecular weight is 294 g/mol. The summed E-state index contributed by atoms with van der Waals surface area (Å²) in [5.41, 5.74) is 0. The summed E-state index contributed by atoms with van der Waals surface area (Å²) < 4.78 is 0. The van der Waals surface area contributed by atoms with Crippen LogP contribution < -0.4 is 5.32 Å². The maximum Gasteiger partial charge on any atom is 0.318 e. The van der Waals surface area contributed by atoms with E-state index in [0.717, 1.165) is 32.1 Å². The first-order valence-corrected chi connectivity index (χ1v) is 7.60. The quantitative estimate of drug-likeness (QED) is 0.740. The van der Waals surface area contributed by atoms with Crippen molar-refractivity contribution in [3.63, 3.8) is 0 Å². The molecule has 2 amide bonds. The number of aliphatic carboxylic acids is 1. The van der Waals surface area contributed by atoms with Crippen molar-refractivity contribution in [3.8, 4) is 0 Å². The number of nitrogens with one attached hydrogen (secondary N) is 1. The van der Waals surface area contributed by atoms with Gasteiger partial charge in [0.15, 0.2) is 0 Å². The molecule has 1 aliphatic rings. The number of carboxylic acids is 1. The molecule has 1 saturated carbocycles. The minimum Gasteiger partial charge on any atom is -0.481 e. The molecule has 0 heterocycles. The fraction of sp³-hybridized carbons (Fsp3) is 0.625. The van der Waals surface area contributed by atoms with Crippen LogP contribution in [0.3, 0.4) is 0 Å². The summed E-state index contributed by atoms with van der Waals surface area (Å²) in [6.45, 7) is 8.10. The smallest absolute Gasteiger partial charge is 0.318 e. The van der Waals surface area contributed by atoms with E-state index in [1.165, 1.54) is 0 Å². The molecule has 0 saturated heterocycles. The van der Waals surface area contributed by atoms with Crippen LogP contribution in [-0.4, -0.2) is 41.1 Å². The second-order valence-corrected chi connectivity index (χ2v) is 5.47. The molecule has 5 heteroatoms. The normalized spacial score (nSPS) is 22.5. The van der Waals surface area contributed by atoms with Gasteiger partial charge in [-0.3, -0.25) is 4.79 Å². The van der Waals surface area contributed by atoms with Gasteiger partial charge < -0.3 is 15.3 Å². The van der Waals surface area contributed by atoms with Crippen LogP contribution in [0.2, 0.25) is 0 Å². The lowest BCUT2D eigenvalue weighted by Crippen LogP contribution is -2.49. The number of carbonyl (C=O) groups excluding carboxylic acids is 1. The highest BCUT2D eigenvalue weighted by Gasteiger charge is 2.30. The van der Waals surface area contributed by atoms with E-state index in [1.54, 1.807) is 17.1 Å². The first-order valence-electron chi connectivity index (χ1n) is 7.60. The zero-order chi connectivity index (χ0) is 15.7. The number of amides is 2. The lowest BCUT2D eigenvalue weighted by atomic mass is 9.87. The number of urea groups is 1. The molecule has 1 fully saturated rings. The Morgan fingerprint density at radius 2 is 1.67 bits per heavy atom. The molecule has 0 aromatic rings. The molecule has 0 aromatic heterocycles. The zero-order valence-electron chi connectivity index (χ0n) is 12.6. The summed E-state index contributed by atoms with van der Waals surface area (Å²) in [5.74, 6) is -1.32. The van der Waals surface area contributed by atoms with Crippen LogP contribution in [0.15, 0.2) is 25.3 Å². The maximum absolute atomic E-state index is 12.3. The predicted molar refractivity (Wildman–Crippen MR) is 83.1 cm³/mol. The van der Waals surface area contributed by atoms with Crippen LogP contribution in [0.4, 0.5) is 4.79 Å². The first-order chi connectivity index (χ1) is 10.1. The van der Waals surface area contributed by atoms with Crippen molar-refractivity contribution in [1.82, 2.24) is 10.2 Å². The largest absolute Gasteiger partial charge is 0.481 e. The fourth-order valence-corrected chi connectivity index (χ4v) is 2.75. The Labute approximate surface area is 126 Å². The number of carbonyl (C=O) groups is 2. The Morgan fingerprint density at radius 1 is 1.10 bits per heavy atom. The Kier molecular flexibility index (Phi) is 7.58. The lowest BCUT2D eigenvalue weighted by molar-refractivity contribution is -0.143. The Morgan fingerprint density at radius 3 is 2.19 bits per heavy atom. The lowest BCUT2D eigenvalue weighted by Gasteiger charge is -2.30. The van der Waals surface area contributed by atoms with Crippen molar-refractivity contribution in [1.29, 1.82) is 0 Å². The highest BCUT2D eigenvalue weighted by Crippen LogP contribution is 2.23. The second kappa shape index (κ2) is 9.21. The van der Waals surface area contributed by atoms with Gasteiger partial charge >= 0.3 is 12.0 Å². The molecule has 0 bridgehead atoms. The minimum atomic E-state index is -0.818. The van der Waals surface area contributed by atoms with Crippen LogP contribution in [0.1, 0.15) is 38.5 Å². The molecule has 2 atom stereocenters. The summed E-state index contributed by atoms with van der Waals surface area (Å²) in [6, 6.07) is -0.543. The van der Waals surface area contributed by atoms with Gasteiger partial charge in [-0.05, 0) is 12.8 Å². The third kappa shape index (κ3) is 5.61. The fourth-order valence-electron chi connectivity index (χ4n) is 2.75. The van der Waals surface area contributed by atoms with E-state index in [0.29, 0.717) is 19.5 Å². The summed E-state index contributed by atoms with van der Waals surface area (Å²) in [4.78, 5) is 25.3. The van der Waals surface area contributed by atoms with Gasteiger partial charge in [0.1, 0.15) is 0 Å². The van der Waals surface area contributed by atoms with Gasteiger partial charge in [0.2, 0.25) is 0 Å². The van der Waals surface area contributed by atoms with Gasteiger partial charge in [0, 0.05) is 19.1 Å². The topological polar surface area (TPSA) is 69.6 Å². The zero-order valence-corrected chi connectivity index (χ0v) is 12.6. The van der Waals surface area contributed by atoms with Crippen molar-refractivity contribution >= 4 is 12.0 Å². The molecule has 21 heavy (non-hydrogen) atoms. The summed E-state index contributed by atoms with van der Waals surface area (Å²) in [5, 5.41) is 12.3. The molecule has 0 aromatic carbocycles. The van der Waals surface area contributed by atoms with E-state index in [2.05, 4.69) is 18.5 Å². The van der Waals surface area contributed by atoms with Gasteiger partial charge in [0.05, 0.1) is 5.92 Å². The molecule has 0 radical (unpaired) electrons. The van der Waals surface area contributed by atoms with Crippen LogP contribution in [0.5, 0.6) is 0 Å². The van der Waals surface area contributed by atoms with E-state index in [4.69, 9.17) is 0 Å². The third-order valence-corrected chi connectivity index (χ3v) is 3.88. The van der Waals surface area contributed by atoms with Gasteiger partial charge in [-0.15, -0.1) is 13.2 Å². The van der Waals surface area contributed by atoms with Crippen molar-refractivity contribution < 1.29 is 14.7 Å². The van der Waals surface area contributed by atoms with Crippen LogP contribution in [-0.2, 0) is 4.79 Å². The highest BCUT2D eigenvalue weighted by atomic mass is 16.4. The molecule has 5 nitrogen and oxygen atoms in total. The Hall–Kier alpha value is -1.78. The summed E-state index contributed by atoms with van der Waals surface area (Å²) in [6.07, 6.45) is 8.68. The number of hydrogen-bond donors (Lipinski definition) is 2. The maximum atomic E-state index is 12.3. The van der Waals surface area contributed by atoms with Crippen molar-refractivity contribution in [2.24, 2.45) is 5.92 Å². The van der Waals surface area contributed by atoms with Gasteiger partial charge in [-0.2, -0.15) is 0 Å². The van der Waals surface area contributed by atoms with Crippen molar-refractivity contribution in [2.45, 2.75) is 44.6 Å². The monoisotopic (exact) mass is 294 g/mol. The third-order valence-electron chi connectivity index (χ3n) is 3.88. The van der Waals surface area contributed by atoms with Crippen molar-refractivity contribution in [3.05, 3.63) is 25.3 Å². The Balaban J connectivity index is 2.72. The molecular weight excluding hydrogens is 268 g/mol. The molecule has 0 spiro atoms. The molecule has 1 rings (SSSR count). The number of rotatable bonds is 6. The van der Waals surface area contributed by atoms with Gasteiger partial charge in [0.25, 0.3) is 0 Å². The predicted octanol–water partition coefficient (Wildman–Crippen LogP) is 2.79. The van der Waals surface area contributed by atoms with E-state index in [-0.39, 0.29) is 12.1 Å². The van der Waals surface area contributed by atoms with E-state index in [9.17, 15) is 14.7 Å². The van der Waals surface area contributed by atoms with E-state index < -0.39 is 11.9 Å². The highest BCUT2D eigenvalue weighted by molar-refractivity contribution is 5.77. The van der Waals surface area contributed by atoms with E-state index >= 15 is 0 Å². The van der Waals surface area contributed by atoms with Crippen LogP contribution in [0, 0.1) is 5.92 Å². The molecule has 0 aliphatic heterocycles. The molecule has 1 aliphatic carbocycles. The summed E-state index contributed by atoms with van der Waals surface area (Å²) >= 11 is 0. The first kappa shape index (κ1) is 17.3. The van der Waals surface area contributed by atoms with Gasteiger partial charge in [-0.1, -0.05) is 37.8 Å². The summed E-state index contributed by atoms with van der Waals surface area (Å²) in [7, 11) is 0. The molecular formula is C16H26N2O3. The molecule has 2 N–H and O–H groups in total. The molecule has 0 unspecified atom stereocenters. The van der Waals surface area contributed by atoms with Crippen LogP contribution >= 0.6 is 0 Å². The number of hydrogen-bond acceptors (Lipinski definition) is 2. The molecule has 118 valence electrons. The second-order valence-electron chi connectivity index (χ2n) is 5.47. The number of nitrogens with zero attached hydrogens (tertiary/aromatic N) is 1. The average Bonchev–Trinajstić information content (AvgIpc) is 2.41. The Bertz CT molecular complexity index is 372. The SMILES string of the molecule is C=CCN(CC=C)C(=O)N[C@H]1CCCCCC[C@H]1C(=O)O. The van der Waals surface area contributed by atoms with E-state index in [1.807, 2.05) is 0 Å². The standard InChI is InChI=1S/C16H26N2O3/c1-3-11-18(12-4-2)16(21)17-14-10-8-6-5-7-9-13(14)15(19)20/h3-4,13-14H,1-2,5-12H2,(H,17,21)(H,19,20)/t13-,14+/m1/s1. The van der Waals surface area contributed by atoms with Gasteiger partial charge in [-0.25, -0.2) is 4.79 Å². The minimum absolute atomic E-state index is 0.244. The van der Waals surface area contributed by atoms with Crippen molar-refractivity contribution in [2.75, 3.05) is 13.1 Å².